The molecule has 6 nitrogen and oxygen atoms in total. The van der Waals surface area contributed by atoms with Crippen LogP contribution in [0.5, 0.6) is 0 Å². The number of aromatic amines is 1. The lowest BCUT2D eigenvalue weighted by atomic mass is 10.1. The van der Waals surface area contributed by atoms with E-state index in [1.54, 1.807) is 24.3 Å². The van der Waals surface area contributed by atoms with Gasteiger partial charge in [-0.1, -0.05) is 0 Å². The fourth-order valence-corrected chi connectivity index (χ4v) is 1.89. The van der Waals surface area contributed by atoms with Crippen LogP contribution in [0.2, 0.25) is 0 Å². The zero-order valence-electron chi connectivity index (χ0n) is 11.0. The standard InChI is InChI=1S/C14H14N4O2/c1-8(19)9-4-6-11(7-5-9)15-14(20)13-16-12(17-18-13)10-2-3-10/h4-7,10H,2-3H2,1H3,(H,15,20)(H,16,17,18). The Hall–Kier alpha value is -2.50. The van der Waals surface area contributed by atoms with Crippen molar-refractivity contribution in [3.8, 4) is 0 Å². The Morgan fingerprint density at radius 1 is 1.25 bits per heavy atom. The Labute approximate surface area is 115 Å². The third-order valence-electron chi connectivity index (χ3n) is 3.22. The first kappa shape index (κ1) is 12.5. The second-order valence-electron chi connectivity index (χ2n) is 4.91. The highest BCUT2D eigenvalue weighted by Gasteiger charge is 2.28. The van der Waals surface area contributed by atoms with E-state index in [0.717, 1.165) is 18.7 Å². The van der Waals surface area contributed by atoms with Gasteiger partial charge in [-0.25, -0.2) is 4.98 Å². The van der Waals surface area contributed by atoms with Gasteiger partial charge in [0.1, 0.15) is 5.82 Å². The zero-order valence-corrected chi connectivity index (χ0v) is 11.0. The highest BCUT2D eigenvalue weighted by Crippen LogP contribution is 2.37. The first-order chi connectivity index (χ1) is 9.63. The van der Waals surface area contributed by atoms with Gasteiger partial charge in [0.25, 0.3) is 5.91 Å². The lowest BCUT2D eigenvalue weighted by Crippen LogP contribution is -2.13. The third kappa shape index (κ3) is 2.59. The molecule has 0 radical (unpaired) electrons. The SMILES string of the molecule is CC(=O)c1ccc(NC(=O)c2n[nH]c(C3CC3)n2)cc1. The van der Waals surface area contributed by atoms with Crippen LogP contribution in [0.1, 0.15) is 52.5 Å². The van der Waals surface area contributed by atoms with E-state index < -0.39 is 0 Å². The summed E-state index contributed by atoms with van der Waals surface area (Å²) in [6.45, 7) is 1.50. The molecule has 3 rings (SSSR count). The molecule has 102 valence electrons. The summed E-state index contributed by atoms with van der Waals surface area (Å²) >= 11 is 0. The van der Waals surface area contributed by atoms with Gasteiger partial charge < -0.3 is 5.32 Å². The van der Waals surface area contributed by atoms with Crippen LogP contribution >= 0.6 is 0 Å². The summed E-state index contributed by atoms with van der Waals surface area (Å²) in [4.78, 5) is 27.3. The average molecular weight is 270 g/mol. The van der Waals surface area contributed by atoms with Crippen LogP contribution in [0.4, 0.5) is 5.69 Å². The van der Waals surface area contributed by atoms with Gasteiger partial charge in [-0.3, -0.25) is 14.7 Å². The quantitative estimate of drug-likeness (QED) is 0.833. The van der Waals surface area contributed by atoms with Gasteiger partial charge in [-0.15, -0.1) is 5.10 Å². The maximum absolute atomic E-state index is 12.0. The molecule has 2 aromatic rings. The van der Waals surface area contributed by atoms with Crippen LogP contribution in [0, 0.1) is 0 Å². The molecule has 1 aromatic heterocycles. The molecule has 1 aliphatic carbocycles. The second-order valence-corrected chi connectivity index (χ2v) is 4.91. The van der Waals surface area contributed by atoms with Gasteiger partial charge in [0.05, 0.1) is 0 Å². The first-order valence-electron chi connectivity index (χ1n) is 6.48. The van der Waals surface area contributed by atoms with Crippen molar-refractivity contribution < 1.29 is 9.59 Å². The molecule has 0 spiro atoms. The number of aromatic nitrogens is 3. The van der Waals surface area contributed by atoms with Crippen molar-refractivity contribution >= 4 is 17.4 Å². The predicted molar refractivity (Wildman–Crippen MR) is 72.8 cm³/mol. The molecule has 20 heavy (non-hydrogen) atoms. The summed E-state index contributed by atoms with van der Waals surface area (Å²) in [5.74, 6) is 0.984. The Bertz CT molecular complexity index is 656. The number of benzene rings is 1. The molecule has 2 N–H and O–H groups in total. The molecule has 1 amide bonds. The minimum atomic E-state index is -0.358. The molecular weight excluding hydrogens is 256 g/mol. The monoisotopic (exact) mass is 270 g/mol. The number of nitrogens with zero attached hydrogens (tertiary/aromatic N) is 2. The van der Waals surface area contributed by atoms with Crippen LogP contribution in [-0.4, -0.2) is 26.9 Å². The lowest BCUT2D eigenvalue weighted by Gasteiger charge is -2.03. The molecular formula is C14H14N4O2. The lowest BCUT2D eigenvalue weighted by molar-refractivity contribution is 0.101. The smallest absolute Gasteiger partial charge is 0.295 e. The van der Waals surface area contributed by atoms with Gasteiger partial charge in [0.15, 0.2) is 5.78 Å². The van der Waals surface area contributed by atoms with E-state index in [9.17, 15) is 9.59 Å². The van der Waals surface area contributed by atoms with Crippen molar-refractivity contribution in [2.24, 2.45) is 0 Å². The predicted octanol–water partition coefficient (Wildman–Crippen LogP) is 2.14. The number of carbonyl (C=O) groups is 2. The zero-order chi connectivity index (χ0) is 14.1. The summed E-state index contributed by atoms with van der Waals surface area (Å²) in [5, 5.41) is 9.41. The van der Waals surface area contributed by atoms with Gasteiger partial charge in [-0.2, -0.15) is 0 Å². The number of hydrogen-bond donors (Lipinski definition) is 2. The summed E-state index contributed by atoms with van der Waals surface area (Å²) in [6.07, 6.45) is 2.20. The molecule has 1 aromatic carbocycles. The Balaban J connectivity index is 1.69. The number of carbonyl (C=O) groups excluding carboxylic acids is 2. The molecule has 1 heterocycles. The van der Waals surface area contributed by atoms with E-state index in [2.05, 4.69) is 20.5 Å². The van der Waals surface area contributed by atoms with Gasteiger partial charge >= 0.3 is 0 Å². The van der Waals surface area contributed by atoms with Crippen molar-refractivity contribution in [3.63, 3.8) is 0 Å². The Morgan fingerprint density at radius 3 is 2.55 bits per heavy atom. The van der Waals surface area contributed by atoms with Crippen molar-refractivity contribution in [2.75, 3.05) is 5.32 Å². The number of H-pyrrole nitrogens is 1. The fourth-order valence-electron chi connectivity index (χ4n) is 1.89. The molecule has 0 bridgehead atoms. The number of ketones is 1. The number of nitrogens with one attached hydrogen (secondary N) is 2. The molecule has 0 saturated heterocycles. The van der Waals surface area contributed by atoms with Gasteiger partial charge in [0, 0.05) is 17.2 Å². The molecule has 0 aliphatic heterocycles. The van der Waals surface area contributed by atoms with Crippen LogP contribution in [0.25, 0.3) is 0 Å². The molecule has 0 unspecified atom stereocenters. The number of hydrogen-bond acceptors (Lipinski definition) is 4. The van der Waals surface area contributed by atoms with Crippen LogP contribution in [-0.2, 0) is 0 Å². The van der Waals surface area contributed by atoms with E-state index in [1.807, 2.05) is 0 Å². The van der Waals surface area contributed by atoms with Crippen LogP contribution in [0.3, 0.4) is 0 Å². The topological polar surface area (TPSA) is 87.7 Å². The van der Waals surface area contributed by atoms with Crippen LogP contribution < -0.4 is 5.32 Å². The highest BCUT2D eigenvalue weighted by molar-refractivity contribution is 6.02. The number of Topliss-reactive ketones (excluding diaryl/α,β-unsaturated/α-hetero) is 1. The molecule has 1 saturated carbocycles. The molecule has 0 atom stereocenters. The van der Waals surface area contributed by atoms with Gasteiger partial charge in [-0.05, 0) is 44.0 Å². The van der Waals surface area contributed by atoms with E-state index in [1.165, 1.54) is 6.92 Å². The maximum Gasteiger partial charge on any atom is 0.295 e. The summed E-state index contributed by atoms with van der Waals surface area (Å²) in [7, 11) is 0. The normalized spacial score (nSPS) is 14.1. The maximum atomic E-state index is 12.0. The second kappa shape index (κ2) is 4.88. The van der Waals surface area contributed by atoms with E-state index in [-0.39, 0.29) is 17.5 Å². The van der Waals surface area contributed by atoms with Crippen molar-refractivity contribution in [2.45, 2.75) is 25.7 Å². The highest BCUT2D eigenvalue weighted by atomic mass is 16.2. The fraction of sp³-hybridized carbons (Fsp3) is 0.286. The molecule has 1 fully saturated rings. The van der Waals surface area contributed by atoms with E-state index >= 15 is 0 Å². The minimum absolute atomic E-state index is 0.00841. The Kier molecular flexibility index (Phi) is 3.06. The van der Waals surface area contributed by atoms with E-state index in [0.29, 0.717) is 17.2 Å². The first-order valence-corrected chi connectivity index (χ1v) is 6.48. The summed E-state index contributed by atoms with van der Waals surface area (Å²) < 4.78 is 0. The number of anilines is 1. The van der Waals surface area contributed by atoms with Gasteiger partial charge in [0.2, 0.25) is 5.82 Å². The third-order valence-corrected chi connectivity index (χ3v) is 3.22. The molecule has 6 heteroatoms. The minimum Gasteiger partial charge on any atom is -0.319 e. The summed E-state index contributed by atoms with van der Waals surface area (Å²) in [5.41, 5.74) is 1.22. The largest absolute Gasteiger partial charge is 0.319 e. The number of amides is 1. The average Bonchev–Trinajstić information content (AvgIpc) is 3.17. The van der Waals surface area contributed by atoms with Crippen molar-refractivity contribution in [1.29, 1.82) is 0 Å². The van der Waals surface area contributed by atoms with Crippen LogP contribution in [0.15, 0.2) is 24.3 Å². The Morgan fingerprint density at radius 2 is 1.95 bits per heavy atom. The molecule has 1 aliphatic rings. The number of rotatable bonds is 4. The van der Waals surface area contributed by atoms with E-state index in [4.69, 9.17) is 0 Å². The van der Waals surface area contributed by atoms with Crippen molar-refractivity contribution in [3.05, 3.63) is 41.5 Å². The van der Waals surface area contributed by atoms with Crippen molar-refractivity contribution in [1.82, 2.24) is 15.2 Å². The summed E-state index contributed by atoms with van der Waals surface area (Å²) in [6, 6.07) is 6.71.